The maximum absolute atomic E-state index is 12.0. The Labute approximate surface area is 140 Å². The van der Waals surface area contributed by atoms with Crippen LogP contribution in [-0.4, -0.2) is 29.1 Å². The summed E-state index contributed by atoms with van der Waals surface area (Å²) >= 11 is 5.70. The van der Waals surface area contributed by atoms with E-state index >= 15 is 0 Å². The van der Waals surface area contributed by atoms with Crippen LogP contribution < -0.4 is 9.44 Å². The minimum absolute atomic E-state index is 0.0234. The molecule has 2 rings (SSSR count). The third-order valence-electron chi connectivity index (χ3n) is 2.83. The van der Waals surface area contributed by atoms with Gasteiger partial charge in [-0.25, -0.2) is 21.6 Å². The second-order valence-corrected chi connectivity index (χ2v) is 8.68. The number of halogens is 1. The van der Waals surface area contributed by atoms with Gasteiger partial charge < -0.3 is 0 Å². The molecule has 0 bridgehead atoms. The van der Waals surface area contributed by atoms with Gasteiger partial charge in [0.05, 0.1) is 10.6 Å². The van der Waals surface area contributed by atoms with Gasteiger partial charge in [-0.1, -0.05) is 29.8 Å². The lowest BCUT2D eigenvalue weighted by Gasteiger charge is -2.09. The molecular formula is C14H15ClN2O4S2. The van der Waals surface area contributed by atoms with Crippen LogP contribution in [-0.2, 0) is 20.0 Å². The number of anilines is 1. The molecule has 124 valence electrons. The highest BCUT2D eigenvalue weighted by Crippen LogP contribution is 2.13. The summed E-state index contributed by atoms with van der Waals surface area (Å²) < 4.78 is 52.5. The molecule has 2 aromatic rings. The molecule has 0 aliphatic heterocycles. The van der Waals surface area contributed by atoms with E-state index in [1.165, 1.54) is 24.3 Å². The first-order valence-electron chi connectivity index (χ1n) is 6.59. The van der Waals surface area contributed by atoms with Crippen molar-refractivity contribution in [2.75, 3.05) is 17.0 Å². The number of sulfonamides is 2. The Morgan fingerprint density at radius 1 is 0.870 bits per heavy atom. The van der Waals surface area contributed by atoms with E-state index in [0.29, 0.717) is 10.7 Å². The van der Waals surface area contributed by atoms with Gasteiger partial charge in [0.15, 0.2) is 0 Å². The normalized spacial score (nSPS) is 12.0. The SMILES string of the molecule is O=S(=O)(CCNS(=O)(=O)c1ccc(Cl)cc1)Nc1ccccc1. The Bertz CT molecular complexity index is 851. The van der Waals surface area contributed by atoms with Gasteiger partial charge in [-0.15, -0.1) is 0 Å². The van der Waals surface area contributed by atoms with Gasteiger partial charge in [0.25, 0.3) is 0 Å². The molecule has 0 aromatic heterocycles. The topological polar surface area (TPSA) is 92.3 Å². The summed E-state index contributed by atoms with van der Waals surface area (Å²) in [6.45, 7) is -0.243. The predicted molar refractivity (Wildman–Crippen MR) is 90.5 cm³/mol. The minimum Gasteiger partial charge on any atom is -0.284 e. The molecular weight excluding hydrogens is 360 g/mol. The zero-order valence-corrected chi connectivity index (χ0v) is 14.3. The number of hydrogen-bond donors (Lipinski definition) is 2. The molecule has 0 saturated heterocycles. The number of hydrogen-bond acceptors (Lipinski definition) is 4. The molecule has 2 aromatic carbocycles. The van der Waals surface area contributed by atoms with E-state index in [4.69, 9.17) is 11.6 Å². The third-order valence-corrected chi connectivity index (χ3v) is 5.85. The highest BCUT2D eigenvalue weighted by atomic mass is 35.5. The minimum atomic E-state index is -3.77. The van der Waals surface area contributed by atoms with Crippen molar-refractivity contribution in [3.63, 3.8) is 0 Å². The van der Waals surface area contributed by atoms with Crippen molar-refractivity contribution in [3.8, 4) is 0 Å². The fourth-order valence-corrected chi connectivity index (χ4v) is 4.00. The van der Waals surface area contributed by atoms with E-state index in [1.54, 1.807) is 30.3 Å². The lowest BCUT2D eigenvalue weighted by Crippen LogP contribution is -2.31. The van der Waals surface area contributed by atoms with Crippen LogP contribution in [0.5, 0.6) is 0 Å². The fourth-order valence-electron chi connectivity index (χ4n) is 1.74. The number of rotatable bonds is 7. The van der Waals surface area contributed by atoms with Crippen molar-refractivity contribution in [2.45, 2.75) is 4.90 Å². The maximum atomic E-state index is 12.0. The van der Waals surface area contributed by atoms with Crippen molar-refractivity contribution in [3.05, 3.63) is 59.6 Å². The molecule has 0 amide bonds. The summed E-state index contributed by atoms with van der Waals surface area (Å²) in [5.41, 5.74) is 0.424. The Morgan fingerprint density at radius 2 is 1.48 bits per heavy atom. The Kier molecular flexibility index (Phi) is 5.64. The van der Waals surface area contributed by atoms with Crippen molar-refractivity contribution in [1.82, 2.24) is 4.72 Å². The number of nitrogens with one attached hydrogen (secondary N) is 2. The summed E-state index contributed by atoms with van der Waals surface area (Å²) in [6.07, 6.45) is 0. The van der Waals surface area contributed by atoms with Crippen LogP contribution >= 0.6 is 11.6 Å². The summed E-state index contributed by atoms with van der Waals surface area (Å²) in [5.74, 6) is -0.380. The summed E-state index contributed by atoms with van der Waals surface area (Å²) in [5, 5.41) is 0.415. The Hall–Kier alpha value is -1.61. The Balaban J connectivity index is 1.94. The predicted octanol–water partition coefficient (Wildman–Crippen LogP) is 2.06. The van der Waals surface area contributed by atoms with E-state index < -0.39 is 20.0 Å². The van der Waals surface area contributed by atoms with Crippen LogP contribution in [0.1, 0.15) is 0 Å². The van der Waals surface area contributed by atoms with Crippen LogP contribution in [0, 0.1) is 0 Å². The van der Waals surface area contributed by atoms with Gasteiger partial charge in [0.2, 0.25) is 20.0 Å². The van der Waals surface area contributed by atoms with Gasteiger partial charge in [0.1, 0.15) is 0 Å². The molecule has 6 nitrogen and oxygen atoms in total. The molecule has 2 N–H and O–H groups in total. The van der Waals surface area contributed by atoms with Crippen LogP contribution in [0.3, 0.4) is 0 Å². The van der Waals surface area contributed by atoms with Gasteiger partial charge in [-0.2, -0.15) is 0 Å². The lowest BCUT2D eigenvalue weighted by molar-refractivity contribution is 0.582. The van der Waals surface area contributed by atoms with E-state index in [0.717, 1.165) is 0 Å². The highest BCUT2D eigenvalue weighted by molar-refractivity contribution is 7.92. The first-order valence-corrected chi connectivity index (χ1v) is 10.1. The molecule has 23 heavy (non-hydrogen) atoms. The average molecular weight is 375 g/mol. The second-order valence-electron chi connectivity index (χ2n) is 4.64. The quantitative estimate of drug-likeness (QED) is 0.775. The van der Waals surface area contributed by atoms with E-state index in [2.05, 4.69) is 9.44 Å². The first kappa shape index (κ1) is 17.7. The largest absolute Gasteiger partial charge is 0.284 e. The zero-order valence-electron chi connectivity index (χ0n) is 11.9. The van der Waals surface area contributed by atoms with E-state index in [-0.39, 0.29) is 17.2 Å². The number of benzene rings is 2. The summed E-state index contributed by atoms with van der Waals surface area (Å²) in [6, 6.07) is 14.0. The molecule has 0 heterocycles. The monoisotopic (exact) mass is 374 g/mol. The number of para-hydroxylation sites is 1. The van der Waals surface area contributed by atoms with Crippen LogP contribution in [0.4, 0.5) is 5.69 Å². The van der Waals surface area contributed by atoms with Crippen molar-refractivity contribution in [2.24, 2.45) is 0 Å². The fraction of sp³-hybridized carbons (Fsp3) is 0.143. The smallest absolute Gasteiger partial charge is 0.240 e. The first-order chi connectivity index (χ1) is 10.8. The molecule has 0 unspecified atom stereocenters. The molecule has 0 atom stereocenters. The van der Waals surface area contributed by atoms with Crippen LogP contribution in [0.15, 0.2) is 59.5 Å². The standard InChI is InChI=1S/C14H15ClN2O4S2/c15-12-6-8-14(9-7-12)23(20,21)16-10-11-22(18,19)17-13-4-2-1-3-5-13/h1-9,16-17H,10-11H2. The van der Waals surface area contributed by atoms with Gasteiger partial charge in [-0.05, 0) is 36.4 Å². The second kappa shape index (κ2) is 7.31. The maximum Gasteiger partial charge on any atom is 0.240 e. The Morgan fingerprint density at radius 3 is 2.09 bits per heavy atom. The van der Waals surface area contributed by atoms with Crippen LogP contribution in [0.2, 0.25) is 5.02 Å². The molecule has 0 aliphatic carbocycles. The molecule has 9 heteroatoms. The third kappa shape index (κ3) is 5.51. The van der Waals surface area contributed by atoms with E-state index in [9.17, 15) is 16.8 Å². The zero-order chi connectivity index (χ0) is 16.9. The molecule has 0 aliphatic rings. The molecule has 0 saturated carbocycles. The molecule has 0 spiro atoms. The van der Waals surface area contributed by atoms with Crippen LogP contribution in [0.25, 0.3) is 0 Å². The molecule has 0 radical (unpaired) electrons. The van der Waals surface area contributed by atoms with Gasteiger partial charge in [-0.3, -0.25) is 4.72 Å². The summed E-state index contributed by atoms with van der Waals surface area (Å²) in [7, 11) is -7.42. The van der Waals surface area contributed by atoms with E-state index in [1.807, 2.05) is 0 Å². The summed E-state index contributed by atoms with van der Waals surface area (Å²) in [4.78, 5) is 0.0234. The van der Waals surface area contributed by atoms with Crippen molar-refractivity contribution >= 4 is 37.3 Å². The van der Waals surface area contributed by atoms with Crippen molar-refractivity contribution < 1.29 is 16.8 Å². The average Bonchev–Trinajstić information content (AvgIpc) is 2.47. The van der Waals surface area contributed by atoms with Gasteiger partial charge in [0, 0.05) is 17.3 Å². The highest BCUT2D eigenvalue weighted by Gasteiger charge is 2.16. The van der Waals surface area contributed by atoms with Crippen molar-refractivity contribution in [1.29, 1.82) is 0 Å². The lowest BCUT2D eigenvalue weighted by atomic mass is 10.3. The van der Waals surface area contributed by atoms with Gasteiger partial charge >= 0.3 is 0 Å². The molecule has 0 fully saturated rings.